The summed E-state index contributed by atoms with van der Waals surface area (Å²) < 4.78 is 18.9. The van der Waals surface area contributed by atoms with Crippen LogP contribution in [-0.2, 0) is 0 Å². The van der Waals surface area contributed by atoms with Crippen LogP contribution in [0, 0.1) is 11.7 Å². The molecule has 0 aromatic heterocycles. The molecule has 3 heteroatoms. The Morgan fingerprint density at radius 3 is 2.19 bits per heavy atom. The SMILES string of the molecule is CCCC1CCN(CCCOc2ccc(-c3ccc(F)cc3)cc2)CC1. The molecule has 0 aliphatic carbocycles. The Morgan fingerprint density at radius 1 is 0.962 bits per heavy atom. The zero-order valence-electron chi connectivity index (χ0n) is 15.8. The minimum absolute atomic E-state index is 0.205. The molecule has 0 bridgehead atoms. The average Bonchev–Trinajstić information content (AvgIpc) is 2.68. The largest absolute Gasteiger partial charge is 0.494 e. The van der Waals surface area contributed by atoms with Gasteiger partial charge in [-0.2, -0.15) is 0 Å². The molecule has 140 valence electrons. The number of rotatable bonds is 8. The second-order valence-corrected chi connectivity index (χ2v) is 7.31. The van der Waals surface area contributed by atoms with Crippen LogP contribution in [0.15, 0.2) is 48.5 Å². The van der Waals surface area contributed by atoms with Crippen LogP contribution in [0.4, 0.5) is 4.39 Å². The molecule has 0 saturated carbocycles. The topological polar surface area (TPSA) is 12.5 Å². The van der Waals surface area contributed by atoms with Crippen LogP contribution in [-0.4, -0.2) is 31.1 Å². The molecule has 2 nitrogen and oxygen atoms in total. The third kappa shape index (κ3) is 5.57. The van der Waals surface area contributed by atoms with Crippen molar-refractivity contribution in [1.82, 2.24) is 4.90 Å². The van der Waals surface area contributed by atoms with E-state index >= 15 is 0 Å². The lowest BCUT2D eigenvalue weighted by molar-refractivity contribution is 0.166. The lowest BCUT2D eigenvalue weighted by Gasteiger charge is -2.31. The Kier molecular flexibility index (Phi) is 7.07. The number of nitrogens with zero attached hydrogens (tertiary/aromatic N) is 1. The monoisotopic (exact) mass is 355 g/mol. The Balaban J connectivity index is 1.37. The van der Waals surface area contributed by atoms with Crippen LogP contribution in [0.1, 0.15) is 39.0 Å². The molecule has 2 aromatic carbocycles. The Labute approximate surface area is 157 Å². The van der Waals surface area contributed by atoms with Gasteiger partial charge in [0, 0.05) is 6.54 Å². The average molecular weight is 355 g/mol. The van der Waals surface area contributed by atoms with Gasteiger partial charge in [-0.3, -0.25) is 0 Å². The van der Waals surface area contributed by atoms with E-state index in [4.69, 9.17) is 4.74 Å². The molecule has 0 atom stereocenters. The van der Waals surface area contributed by atoms with Crippen molar-refractivity contribution < 1.29 is 9.13 Å². The van der Waals surface area contributed by atoms with Gasteiger partial charge in [-0.15, -0.1) is 0 Å². The lowest BCUT2D eigenvalue weighted by atomic mass is 9.92. The smallest absolute Gasteiger partial charge is 0.123 e. The Hall–Kier alpha value is -1.87. The number of likely N-dealkylation sites (tertiary alicyclic amines) is 1. The number of piperidine rings is 1. The molecular weight excluding hydrogens is 325 g/mol. The summed E-state index contributed by atoms with van der Waals surface area (Å²) in [6, 6.07) is 14.6. The molecule has 3 rings (SSSR count). The van der Waals surface area contributed by atoms with E-state index in [9.17, 15) is 4.39 Å². The quantitative estimate of drug-likeness (QED) is 0.557. The van der Waals surface area contributed by atoms with Crippen molar-refractivity contribution in [1.29, 1.82) is 0 Å². The first-order valence-electron chi connectivity index (χ1n) is 9.96. The van der Waals surface area contributed by atoms with Crippen LogP contribution < -0.4 is 4.74 Å². The first kappa shape index (κ1) is 18.9. The van der Waals surface area contributed by atoms with Crippen LogP contribution in [0.25, 0.3) is 11.1 Å². The molecular formula is C23H30FNO. The van der Waals surface area contributed by atoms with Gasteiger partial charge in [0.15, 0.2) is 0 Å². The van der Waals surface area contributed by atoms with E-state index in [1.165, 1.54) is 50.9 Å². The molecule has 0 amide bonds. The maximum atomic E-state index is 13.0. The molecule has 1 aliphatic rings. The minimum atomic E-state index is -0.205. The fourth-order valence-electron chi connectivity index (χ4n) is 3.77. The van der Waals surface area contributed by atoms with Gasteiger partial charge >= 0.3 is 0 Å². The van der Waals surface area contributed by atoms with E-state index in [2.05, 4.69) is 11.8 Å². The Morgan fingerprint density at radius 2 is 1.58 bits per heavy atom. The minimum Gasteiger partial charge on any atom is -0.494 e. The van der Waals surface area contributed by atoms with Gasteiger partial charge in [-0.25, -0.2) is 4.39 Å². The van der Waals surface area contributed by atoms with Gasteiger partial charge < -0.3 is 9.64 Å². The van der Waals surface area contributed by atoms with Gasteiger partial charge in [-0.05, 0) is 73.7 Å². The molecule has 1 heterocycles. The maximum Gasteiger partial charge on any atom is 0.123 e. The van der Waals surface area contributed by atoms with E-state index in [1.54, 1.807) is 12.1 Å². The van der Waals surface area contributed by atoms with E-state index in [0.29, 0.717) is 0 Å². The zero-order valence-corrected chi connectivity index (χ0v) is 15.8. The predicted octanol–water partition coefficient (Wildman–Crippen LogP) is 5.77. The fourth-order valence-corrected chi connectivity index (χ4v) is 3.77. The Bertz CT molecular complexity index is 645. The van der Waals surface area contributed by atoms with Crippen molar-refractivity contribution >= 4 is 0 Å². The normalized spacial score (nSPS) is 15.9. The van der Waals surface area contributed by atoms with Crippen LogP contribution in [0.5, 0.6) is 5.75 Å². The molecule has 0 N–H and O–H groups in total. The summed E-state index contributed by atoms with van der Waals surface area (Å²) in [5.41, 5.74) is 2.09. The van der Waals surface area contributed by atoms with Crippen molar-refractivity contribution in [3.05, 3.63) is 54.3 Å². The van der Waals surface area contributed by atoms with Crippen molar-refractivity contribution in [3.63, 3.8) is 0 Å². The predicted molar refractivity (Wildman–Crippen MR) is 106 cm³/mol. The van der Waals surface area contributed by atoms with Crippen LogP contribution in [0.2, 0.25) is 0 Å². The summed E-state index contributed by atoms with van der Waals surface area (Å²) >= 11 is 0. The molecule has 1 aliphatic heterocycles. The number of halogens is 1. The molecule has 1 saturated heterocycles. The van der Waals surface area contributed by atoms with Gasteiger partial charge in [0.05, 0.1) is 6.61 Å². The lowest BCUT2D eigenvalue weighted by Crippen LogP contribution is -2.34. The van der Waals surface area contributed by atoms with Crippen LogP contribution >= 0.6 is 0 Å². The number of hydrogen-bond donors (Lipinski definition) is 0. The van der Waals surface area contributed by atoms with Gasteiger partial charge in [0.1, 0.15) is 11.6 Å². The van der Waals surface area contributed by atoms with E-state index < -0.39 is 0 Å². The third-order valence-electron chi connectivity index (χ3n) is 5.32. The first-order valence-corrected chi connectivity index (χ1v) is 9.96. The zero-order chi connectivity index (χ0) is 18.2. The highest BCUT2D eigenvalue weighted by Crippen LogP contribution is 2.23. The van der Waals surface area contributed by atoms with Crippen LogP contribution in [0.3, 0.4) is 0 Å². The summed E-state index contributed by atoms with van der Waals surface area (Å²) in [5.74, 6) is 1.65. The van der Waals surface area contributed by atoms with E-state index in [0.717, 1.165) is 42.4 Å². The van der Waals surface area contributed by atoms with Gasteiger partial charge in [-0.1, -0.05) is 44.0 Å². The van der Waals surface area contributed by atoms with Crippen molar-refractivity contribution in [2.24, 2.45) is 5.92 Å². The molecule has 1 fully saturated rings. The van der Waals surface area contributed by atoms with Crippen molar-refractivity contribution in [2.75, 3.05) is 26.2 Å². The second kappa shape index (κ2) is 9.72. The molecule has 0 unspecified atom stereocenters. The number of benzene rings is 2. The summed E-state index contributed by atoms with van der Waals surface area (Å²) in [6.45, 7) is 6.67. The number of hydrogen-bond acceptors (Lipinski definition) is 2. The van der Waals surface area contributed by atoms with Crippen molar-refractivity contribution in [2.45, 2.75) is 39.0 Å². The number of ether oxygens (including phenoxy) is 1. The molecule has 2 aromatic rings. The van der Waals surface area contributed by atoms with Gasteiger partial charge in [0.25, 0.3) is 0 Å². The highest BCUT2D eigenvalue weighted by molar-refractivity contribution is 5.63. The van der Waals surface area contributed by atoms with Crippen molar-refractivity contribution in [3.8, 4) is 16.9 Å². The molecule has 0 spiro atoms. The summed E-state index contributed by atoms with van der Waals surface area (Å²) in [4.78, 5) is 2.58. The molecule has 0 radical (unpaired) electrons. The fraction of sp³-hybridized carbons (Fsp3) is 0.478. The van der Waals surface area contributed by atoms with Gasteiger partial charge in [0.2, 0.25) is 0 Å². The molecule has 26 heavy (non-hydrogen) atoms. The summed E-state index contributed by atoms with van der Waals surface area (Å²) in [5, 5.41) is 0. The maximum absolute atomic E-state index is 13.0. The first-order chi connectivity index (χ1) is 12.7. The van der Waals surface area contributed by atoms with E-state index in [-0.39, 0.29) is 5.82 Å². The second-order valence-electron chi connectivity index (χ2n) is 7.31. The third-order valence-corrected chi connectivity index (χ3v) is 5.32. The highest BCUT2D eigenvalue weighted by atomic mass is 19.1. The summed E-state index contributed by atoms with van der Waals surface area (Å²) in [7, 11) is 0. The van der Waals surface area contributed by atoms with E-state index in [1.807, 2.05) is 24.3 Å². The summed E-state index contributed by atoms with van der Waals surface area (Å²) in [6.07, 6.45) is 6.50. The standard InChI is InChI=1S/C23H30FNO/c1-2-4-19-13-16-25(17-14-19)15-3-18-26-23-11-7-21(8-12-23)20-5-9-22(24)10-6-20/h5-12,19H,2-4,13-18H2,1H3. The highest BCUT2D eigenvalue weighted by Gasteiger charge is 2.17.